The molecule has 4 nitrogen and oxygen atoms in total. The average Bonchev–Trinajstić information content (AvgIpc) is 3.15. The number of para-hydroxylation sites is 1. The summed E-state index contributed by atoms with van der Waals surface area (Å²) in [6, 6.07) is 20.9. The Balaban J connectivity index is 1.32. The van der Waals surface area contributed by atoms with E-state index < -0.39 is 0 Å². The van der Waals surface area contributed by atoms with E-state index in [0.717, 1.165) is 36.6 Å². The van der Waals surface area contributed by atoms with Gasteiger partial charge in [0.05, 0.1) is 15.8 Å². The first-order chi connectivity index (χ1) is 14.1. The second-order valence-corrected chi connectivity index (χ2v) is 9.13. The molecule has 3 aromatic rings. The van der Waals surface area contributed by atoms with Crippen molar-refractivity contribution in [1.29, 1.82) is 0 Å². The quantitative estimate of drug-likeness (QED) is 0.617. The molecule has 0 aliphatic carbocycles. The number of aryl methyl sites for hydroxylation is 1. The summed E-state index contributed by atoms with van der Waals surface area (Å²) in [5.41, 5.74) is 3.49. The molecule has 5 heteroatoms. The summed E-state index contributed by atoms with van der Waals surface area (Å²) in [5.74, 6) is 0.0918. The number of fused-ring (bicyclic) bond motifs is 1. The molecular weight excluding hydrogens is 378 g/mol. The Morgan fingerprint density at radius 2 is 1.97 bits per heavy atom. The fourth-order valence-corrected chi connectivity index (χ4v) is 4.80. The summed E-state index contributed by atoms with van der Waals surface area (Å²) in [5, 5.41) is 5.13. The first-order valence-electron chi connectivity index (χ1n) is 10.2. The smallest absolute Gasteiger partial charge is 0.233 e. The van der Waals surface area contributed by atoms with E-state index in [1.54, 1.807) is 0 Å². The molecule has 1 fully saturated rings. The summed E-state index contributed by atoms with van der Waals surface area (Å²) < 4.78 is 0. The van der Waals surface area contributed by atoms with Crippen LogP contribution in [0.1, 0.15) is 24.5 Å². The fourth-order valence-electron chi connectivity index (χ4n) is 3.87. The third-order valence-corrected chi connectivity index (χ3v) is 6.45. The molecule has 2 heterocycles. The summed E-state index contributed by atoms with van der Waals surface area (Å²) >= 11 is 1.53. The molecule has 2 atom stereocenters. The van der Waals surface area contributed by atoms with Crippen LogP contribution in [-0.4, -0.2) is 40.2 Å². The van der Waals surface area contributed by atoms with Crippen LogP contribution >= 0.6 is 11.8 Å². The Bertz CT molecular complexity index is 992. The van der Waals surface area contributed by atoms with Crippen molar-refractivity contribution in [2.45, 2.75) is 43.1 Å². The molecule has 0 bridgehead atoms. The third-order valence-electron chi connectivity index (χ3n) is 5.43. The van der Waals surface area contributed by atoms with E-state index in [2.05, 4.69) is 53.5 Å². The highest BCUT2D eigenvalue weighted by molar-refractivity contribution is 8.00. The second kappa shape index (κ2) is 8.97. The normalized spacial score (nSPS) is 18.1. The van der Waals surface area contributed by atoms with Gasteiger partial charge in [0.25, 0.3) is 0 Å². The Morgan fingerprint density at radius 1 is 1.21 bits per heavy atom. The van der Waals surface area contributed by atoms with Gasteiger partial charge in [0.2, 0.25) is 5.91 Å². The number of nitrogens with zero attached hydrogens (tertiary/aromatic N) is 2. The summed E-state index contributed by atoms with van der Waals surface area (Å²) in [6.45, 7) is 6.93. The number of amides is 1. The van der Waals surface area contributed by atoms with Gasteiger partial charge in [-0.2, -0.15) is 0 Å². The number of hydrogen-bond acceptors (Lipinski definition) is 4. The van der Waals surface area contributed by atoms with Crippen LogP contribution in [0.15, 0.2) is 65.7 Å². The van der Waals surface area contributed by atoms with Crippen LogP contribution in [0.3, 0.4) is 0 Å². The molecule has 2 unspecified atom stereocenters. The zero-order valence-corrected chi connectivity index (χ0v) is 17.8. The minimum Gasteiger partial charge on any atom is -0.351 e. The molecule has 1 aromatic heterocycles. The number of benzene rings is 2. The van der Waals surface area contributed by atoms with E-state index >= 15 is 0 Å². The highest BCUT2D eigenvalue weighted by Crippen LogP contribution is 2.27. The van der Waals surface area contributed by atoms with Crippen LogP contribution in [0.4, 0.5) is 0 Å². The number of carbonyl (C=O) groups is 1. The van der Waals surface area contributed by atoms with Gasteiger partial charge >= 0.3 is 0 Å². The number of thioether (sulfide) groups is 1. The average molecular weight is 406 g/mol. The summed E-state index contributed by atoms with van der Waals surface area (Å²) in [7, 11) is 0. The van der Waals surface area contributed by atoms with Crippen LogP contribution in [0.2, 0.25) is 0 Å². The number of hydrogen-bond donors (Lipinski definition) is 1. The predicted molar refractivity (Wildman–Crippen MR) is 120 cm³/mol. The lowest BCUT2D eigenvalue weighted by atomic mass is 10.1. The fraction of sp³-hybridized carbons (Fsp3) is 0.333. The van der Waals surface area contributed by atoms with Crippen molar-refractivity contribution in [1.82, 2.24) is 15.2 Å². The van der Waals surface area contributed by atoms with Crippen LogP contribution in [0.5, 0.6) is 0 Å². The zero-order valence-electron chi connectivity index (χ0n) is 17.0. The van der Waals surface area contributed by atoms with Gasteiger partial charge < -0.3 is 5.32 Å². The van der Waals surface area contributed by atoms with Crippen molar-refractivity contribution >= 4 is 28.6 Å². The number of pyridine rings is 1. The van der Waals surface area contributed by atoms with E-state index in [4.69, 9.17) is 4.98 Å². The van der Waals surface area contributed by atoms with E-state index in [9.17, 15) is 4.79 Å². The van der Waals surface area contributed by atoms with Gasteiger partial charge in [-0.25, -0.2) is 4.98 Å². The molecule has 1 aliphatic heterocycles. The standard InChI is InChI=1S/C24H27N3OS/c1-17-14-23(26-22-11-7-6-10-21(17)22)29-18(2)24(28)25-20-12-13-27(16-20)15-19-8-4-3-5-9-19/h3-11,14,18,20H,12-13,15-16H2,1-2H3,(H,25,28). The minimum atomic E-state index is -0.175. The zero-order chi connectivity index (χ0) is 20.2. The lowest BCUT2D eigenvalue weighted by Gasteiger charge is -2.18. The number of likely N-dealkylation sites (tertiary alicyclic amines) is 1. The summed E-state index contributed by atoms with van der Waals surface area (Å²) in [4.78, 5) is 19.9. The van der Waals surface area contributed by atoms with Crippen molar-refractivity contribution in [3.8, 4) is 0 Å². The van der Waals surface area contributed by atoms with Gasteiger partial charge in [0.1, 0.15) is 0 Å². The van der Waals surface area contributed by atoms with Crippen molar-refractivity contribution in [3.63, 3.8) is 0 Å². The van der Waals surface area contributed by atoms with Crippen molar-refractivity contribution < 1.29 is 4.79 Å². The third kappa shape index (κ3) is 4.98. The van der Waals surface area contributed by atoms with Gasteiger partial charge in [-0.3, -0.25) is 9.69 Å². The molecule has 0 spiro atoms. The molecule has 0 saturated carbocycles. The predicted octanol–water partition coefficient (Wildman–Crippen LogP) is 4.41. The second-order valence-electron chi connectivity index (χ2n) is 7.77. The Morgan fingerprint density at radius 3 is 2.79 bits per heavy atom. The first kappa shape index (κ1) is 19.9. The Labute approximate surface area is 176 Å². The molecule has 0 radical (unpaired) electrons. The number of carbonyl (C=O) groups excluding carboxylic acids is 1. The van der Waals surface area contributed by atoms with Gasteiger partial charge in [0, 0.05) is 31.1 Å². The van der Waals surface area contributed by atoms with E-state index in [0.29, 0.717) is 0 Å². The maximum atomic E-state index is 12.7. The molecular formula is C24H27N3OS. The number of rotatable bonds is 6. The van der Waals surface area contributed by atoms with E-state index in [1.165, 1.54) is 28.3 Å². The maximum Gasteiger partial charge on any atom is 0.233 e. The highest BCUT2D eigenvalue weighted by Gasteiger charge is 2.26. The van der Waals surface area contributed by atoms with Crippen LogP contribution in [0.25, 0.3) is 10.9 Å². The van der Waals surface area contributed by atoms with Crippen molar-refractivity contribution in [3.05, 3.63) is 71.8 Å². The molecule has 1 aliphatic rings. The van der Waals surface area contributed by atoms with Crippen LogP contribution < -0.4 is 5.32 Å². The maximum absolute atomic E-state index is 12.7. The topological polar surface area (TPSA) is 45.2 Å². The lowest BCUT2D eigenvalue weighted by molar-refractivity contribution is -0.120. The summed E-state index contributed by atoms with van der Waals surface area (Å²) in [6.07, 6.45) is 1.00. The van der Waals surface area contributed by atoms with Gasteiger partial charge in [-0.15, -0.1) is 0 Å². The Hall–Kier alpha value is -2.37. The lowest BCUT2D eigenvalue weighted by Crippen LogP contribution is -2.40. The minimum absolute atomic E-state index is 0.0918. The van der Waals surface area contributed by atoms with Crippen LogP contribution in [-0.2, 0) is 11.3 Å². The number of aromatic nitrogens is 1. The van der Waals surface area contributed by atoms with E-state index in [1.807, 2.05) is 31.2 Å². The first-order valence-corrected chi connectivity index (χ1v) is 11.1. The molecule has 150 valence electrons. The van der Waals surface area contributed by atoms with Crippen molar-refractivity contribution in [2.24, 2.45) is 0 Å². The van der Waals surface area contributed by atoms with Crippen molar-refractivity contribution in [2.75, 3.05) is 13.1 Å². The van der Waals surface area contributed by atoms with E-state index in [-0.39, 0.29) is 17.2 Å². The molecule has 4 rings (SSSR count). The van der Waals surface area contributed by atoms with Gasteiger partial charge in [-0.1, -0.05) is 60.3 Å². The molecule has 1 N–H and O–H groups in total. The Kier molecular flexibility index (Phi) is 6.16. The molecule has 29 heavy (non-hydrogen) atoms. The molecule has 1 amide bonds. The molecule has 1 saturated heterocycles. The van der Waals surface area contributed by atoms with Gasteiger partial charge in [0.15, 0.2) is 0 Å². The number of nitrogens with one attached hydrogen (secondary N) is 1. The van der Waals surface area contributed by atoms with Crippen LogP contribution in [0, 0.1) is 6.92 Å². The highest BCUT2D eigenvalue weighted by atomic mass is 32.2. The largest absolute Gasteiger partial charge is 0.351 e. The molecule has 2 aromatic carbocycles. The SMILES string of the molecule is Cc1cc(SC(C)C(=O)NC2CCN(Cc3ccccc3)C2)nc2ccccc12. The monoisotopic (exact) mass is 405 g/mol. The van der Waals surface area contributed by atoms with Gasteiger partial charge in [-0.05, 0) is 43.5 Å².